The molecule has 2 N–H and O–H groups in total. The van der Waals surface area contributed by atoms with Crippen LogP contribution in [0.2, 0.25) is 15.1 Å². The first-order chi connectivity index (χ1) is 13.9. The van der Waals surface area contributed by atoms with E-state index in [1.54, 1.807) is 41.1 Å². The van der Waals surface area contributed by atoms with Crippen molar-refractivity contribution in [1.29, 1.82) is 0 Å². The van der Waals surface area contributed by atoms with Crippen LogP contribution in [0.4, 0.5) is 0 Å². The van der Waals surface area contributed by atoms with E-state index in [1.165, 1.54) is 0 Å². The second kappa shape index (κ2) is 7.71. The Balaban J connectivity index is 1.91. The molecule has 2 aromatic rings. The van der Waals surface area contributed by atoms with Gasteiger partial charge in [0.2, 0.25) is 0 Å². The molecule has 2 aliphatic heterocycles. The van der Waals surface area contributed by atoms with E-state index in [4.69, 9.17) is 34.8 Å². The van der Waals surface area contributed by atoms with E-state index in [9.17, 15) is 9.90 Å². The van der Waals surface area contributed by atoms with Crippen LogP contribution in [0.5, 0.6) is 5.75 Å². The van der Waals surface area contributed by atoms with Crippen molar-refractivity contribution in [2.24, 2.45) is 0 Å². The molecule has 2 aliphatic rings. The number of benzene rings is 2. The zero-order chi connectivity index (χ0) is 20.7. The van der Waals surface area contributed by atoms with Crippen LogP contribution in [0.3, 0.4) is 0 Å². The minimum Gasteiger partial charge on any atom is -0.508 e. The number of phenolic OH excluding ortho intramolecular Hbond substituents is 1. The fourth-order valence-electron chi connectivity index (χ4n) is 3.18. The van der Waals surface area contributed by atoms with Gasteiger partial charge in [-0.2, -0.15) is 4.98 Å². The number of phenols is 1. The van der Waals surface area contributed by atoms with Crippen molar-refractivity contribution in [1.82, 2.24) is 19.7 Å². The largest absolute Gasteiger partial charge is 0.508 e. The van der Waals surface area contributed by atoms with Gasteiger partial charge >= 0.3 is 0 Å². The first-order valence-corrected chi connectivity index (χ1v) is 9.94. The third-order valence-corrected chi connectivity index (χ3v) is 5.32. The molecule has 0 saturated heterocycles. The minimum atomic E-state index is -0.378. The number of nitrogens with one attached hydrogen (secondary N) is 1. The molecule has 0 unspecified atom stereocenters. The first kappa shape index (κ1) is 19.8. The lowest BCUT2D eigenvalue weighted by Gasteiger charge is -2.11. The SMILES string of the molecule is CCc1[nH]n(-c2c(Cl)cc(Cl)cc2Cl)c2nc(Cc3ccc(O)cc3)nc(=O)c1-2. The topological polar surface area (TPSA) is 83.8 Å². The number of aryl methyl sites for hydroxylation is 1. The van der Waals surface area contributed by atoms with E-state index in [2.05, 4.69) is 15.1 Å². The molecule has 2 heterocycles. The number of aromatic amines is 1. The van der Waals surface area contributed by atoms with Crippen LogP contribution in [0.25, 0.3) is 17.1 Å². The van der Waals surface area contributed by atoms with E-state index < -0.39 is 0 Å². The molecule has 29 heavy (non-hydrogen) atoms. The van der Waals surface area contributed by atoms with Crippen LogP contribution in [0, 0.1) is 0 Å². The van der Waals surface area contributed by atoms with Gasteiger partial charge in [0.05, 0.1) is 10.0 Å². The number of hydrogen-bond donors (Lipinski definition) is 2. The van der Waals surface area contributed by atoms with Crippen LogP contribution in [0.15, 0.2) is 41.2 Å². The van der Waals surface area contributed by atoms with Gasteiger partial charge in [-0.1, -0.05) is 53.9 Å². The normalized spacial score (nSPS) is 11.3. The molecule has 0 radical (unpaired) electrons. The van der Waals surface area contributed by atoms with E-state index in [0.29, 0.717) is 56.5 Å². The van der Waals surface area contributed by atoms with Crippen LogP contribution < -0.4 is 5.56 Å². The van der Waals surface area contributed by atoms with Crippen molar-refractivity contribution in [3.05, 3.63) is 78.9 Å². The first-order valence-electron chi connectivity index (χ1n) is 8.80. The number of halogens is 3. The predicted octanol–water partition coefficient (Wildman–Crippen LogP) is 4.88. The highest BCUT2D eigenvalue weighted by Gasteiger charge is 2.25. The Kier molecular flexibility index (Phi) is 5.25. The summed E-state index contributed by atoms with van der Waals surface area (Å²) in [6.07, 6.45) is 0.905. The van der Waals surface area contributed by atoms with Gasteiger partial charge in [-0.3, -0.25) is 9.89 Å². The molecule has 0 amide bonds. The van der Waals surface area contributed by atoms with Gasteiger partial charge in [0, 0.05) is 17.1 Å². The molecular formula is C20H15Cl3N4O2. The molecule has 0 fully saturated rings. The summed E-state index contributed by atoms with van der Waals surface area (Å²) in [5.74, 6) is 0.907. The number of aromatic hydroxyl groups is 1. The zero-order valence-corrected chi connectivity index (χ0v) is 17.5. The maximum absolute atomic E-state index is 12.8. The summed E-state index contributed by atoms with van der Waals surface area (Å²) in [5, 5.41) is 13.7. The standard InChI is InChI=1S/C20H15Cl3N4O2/c1-2-15-17-19(27(26-15)18-13(22)8-11(21)9-14(18)23)24-16(25-20(17)29)7-10-3-5-12(28)6-4-10/h3-6,8-9,26,28H,2,7H2,1H3. The van der Waals surface area contributed by atoms with Crippen LogP contribution in [-0.2, 0) is 12.8 Å². The second-order valence-electron chi connectivity index (χ2n) is 6.48. The molecule has 0 atom stereocenters. The molecule has 6 nitrogen and oxygen atoms in total. The highest BCUT2D eigenvalue weighted by molar-refractivity contribution is 6.40. The van der Waals surface area contributed by atoms with Crippen LogP contribution in [-0.4, -0.2) is 24.9 Å². The number of nitrogens with zero attached hydrogens (tertiary/aromatic N) is 3. The maximum atomic E-state index is 12.8. The third-order valence-electron chi connectivity index (χ3n) is 4.52. The summed E-state index contributed by atoms with van der Waals surface area (Å²) in [6, 6.07) is 9.81. The highest BCUT2D eigenvalue weighted by atomic mass is 35.5. The Labute approximate surface area is 181 Å². The summed E-state index contributed by atoms with van der Waals surface area (Å²) in [7, 11) is 0. The summed E-state index contributed by atoms with van der Waals surface area (Å²) in [5.41, 5.74) is 2.02. The summed E-state index contributed by atoms with van der Waals surface area (Å²) in [4.78, 5) is 21.5. The monoisotopic (exact) mass is 448 g/mol. The molecule has 0 aromatic heterocycles. The highest BCUT2D eigenvalue weighted by Crippen LogP contribution is 2.35. The Morgan fingerprint density at radius 3 is 2.34 bits per heavy atom. The Morgan fingerprint density at radius 1 is 1.07 bits per heavy atom. The lowest BCUT2D eigenvalue weighted by molar-refractivity contribution is 0.475. The second-order valence-corrected chi connectivity index (χ2v) is 7.74. The van der Waals surface area contributed by atoms with Crippen molar-refractivity contribution in [2.45, 2.75) is 19.8 Å². The van der Waals surface area contributed by atoms with Crippen LogP contribution >= 0.6 is 34.8 Å². The summed E-state index contributed by atoms with van der Waals surface area (Å²) in [6.45, 7) is 1.92. The minimum absolute atomic E-state index is 0.165. The van der Waals surface area contributed by atoms with Gasteiger partial charge in [0.1, 0.15) is 22.8 Å². The molecule has 0 spiro atoms. The van der Waals surface area contributed by atoms with Crippen molar-refractivity contribution < 1.29 is 5.11 Å². The lowest BCUT2D eigenvalue weighted by atomic mass is 10.1. The van der Waals surface area contributed by atoms with Crippen molar-refractivity contribution >= 4 is 34.8 Å². The molecule has 0 aliphatic carbocycles. The zero-order valence-electron chi connectivity index (χ0n) is 15.2. The molecule has 4 rings (SSSR count). The molecule has 9 heteroatoms. The van der Waals surface area contributed by atoms with Gasteiger partial charge in [0.25, 0.3) is 5.56 Å². The molecule has 148 valence electrons. The average molecular weight is 450 g/mol. The number of hydrogen-bond acceptors (Lipinski definition) is 4. The van der Waals surface area contributed by atoms with Gasteiger partial charge in [-0.05, 0) is 36.2 Å². The molecule has 0 saturated carbocycles. The van der Waals surface area contributed by atoms with E-state index >= 15 is 0 Å². The van der Waals surface area contributed by atoms with Crippen molar-refractivity contribution in [2.75, 3.05) is 0 Å². The number of aromatic nitrogens is 4. The Bertz CT molecular complexity index is 1210. The van der Waals surface area contributed by atoms with Gasteiger partial charge in [-0.25, -0.2) is 9.67 Å². The fraction of sp³-hybridized carbons (Fsp3) is 0.150. The molecular weight excluding hydrogens is 435 g/mol. The Hall–Kier alpha value is -2.54. The molecule has 2 aromatic carbocycles. The van der Waals surface area contributed by atoms with Crippen molar-refractivity contribution in [3.63, 3.8) is 0 Å². The van der Waals surface area contributed by atoms with Crippen molar-refractivity contribution in [3.8, 4) is 22.8 Å². The number of H-pyrrole nitrogens is 1. The number of fused-ring (bicyclic) bond motifs is 1. The van der Waals surface area contributed by atoms with Crippen LogP contribution in [0.1, 0.15) is 24.0 Å². The molecule has 0 bridgehead atoms. The Morgan fingerprint density at radius 2 is 1.72 bits per heavy atom. The van der Waals surface area contributed by atoms with Gasteiger partial charge in [-0.15, -0.1) is 0 Å². The average Bonchev–Trinajstić information content (AvgIpc) is 3.02. The fourth-order valence-corrected chi connectivity index (χ4v) is 4.17. The third kappa shape index (κ3) is 3.71. The lowest BCUT2D eigenvalue weighted by Crippen LogP contribution is -2.17. The van der Waals surface area contributed by atoms with E-state index in [1.807, 2.05) is 6.92 Å². The maximum Gasteiger partial charge on any atom is 0.284 e. The summed E-state index contributed by atoms with van der Waals surface area (Å²) < 4.78 is 1.60. The summed E-state index contributed by atoms with van der Waals surface area (Å²) >= 11 is 18.8. The van der Waals surface area contributed by atoms with E-state index in [-0.39, 0.29) is 11.3 Å². The van der Waals surface area contributed by atoms with Gasteiger partial charge < -0.3 is 5.11 Å². The smallest absolute Gasteiger partial charge is 0.284 e. The van der Waals surface area contributed by atoms with E-state index in [0.717, 1.165) is 5.56 Å². The van der Waals surface area contributed by atoms with Gasteiger partial charge in [0.15, 0.2) is 5.82 Å². The predicted molar refractivity (Wildman–Crippen MR) is 114 cm³/mol. The quantitative estimate of drug-likeness (QED) is 0.465. The number of rotatable bonds is 4.